The number of carbonyl (C=O) groups excluding carboxylic acids is 4. The lowest BCUT2D eigenvalue weighted by Crippen LogP contribution is -2.30. The third-order valence-electron chi connectivity index (χ3n) is 19.8. The normalized spacial score (nSPS) is 14.1. The molecule has 0 aliphatic heterocycles. The Bertz CT molecular complexity index is 1960. The largest absolute Gasteiger partial charge is 0.472 e. The molecule has 0 bridgehead atoms. The predicted octanol–water partition coefficient (Wildman–Crippen LogP) is 25.1. The number of phosphoric ester groups is 2. The van der Waals surface area contributed by atoms with Crippen molar-refractivity contribution >= 4 is 39.5 Å². The summed E-state index contributed by atoms with van der Waals surface area (Å²) in [7, 11) is -9.92. The van der Waals surface area contributed by atoms with Crippen LogP contribution in [-0.4, -0.2) is 96.7 Å². The van der Waals surface area contributed by atoms with E-state index in [-0.39, 0.29) is 25.7 Å². The quantitative estimate of drug-likeness (QED) is 0.0222. The van der Waals surface area contributed by atoms with Crippen molar-refractivity contribution in [3.05, 3.63) is 0 Å². The van der Waals surface area contributed by atoms with Gasteiger partial charge in [0.05, 0.1) is 26.4 Å². The number of aliphatic hydroxyl groups excluding tert-OH is 1. The van der Waals surface area contributed by atoms with Crippen molar-refractivity contribution in [3.63, 3.8) is 0 Å². The van der Waals surface area contributed by atoms with Crippen LogP contribution in [0, 0.1) is 11.8 Å². The molecule has 0 radical (unpaired) electrons. The summed E-state index contributed by atoms with van der Waals surface area (Å²) in [6.45, 7) is 9.68. The van der Waals surface area contributed by atoms with E-state index >= 15 is 0 Å². The van der Waals surface area contributed by atoms with Gasteiger partial charge in [0, 0.05) is 25.7 Å². The van der Waals surface area contributed by atoms with Gasteiger partial charge in [-0.15, -0.1) is 0 Å². The monoisotopic (exact) mass is 1490 g/mol. The highest BCUT2D eigenvalue weighted by molar-refractivity contribution is 7.47. The van der Waals surface area contributed by atoms with E-state index in [2.05, 4.69) is 41.5 Å². The molecule has 6 atom stereocenters. The van der Waals surface area contributed by atoms with Crippen LogP contribution >= 0.6 is 15.6 Å². The van der Waals surface area contributed by atoms with E-state index in [1.165, 1.54) is 257 Å². The molecule has 0 spiro atoms. The molecule has 0 aliphatic rings. The first-order valence-electron chi connectivity index (χ1n) is 43.0. The maximum Gasteiger partial charge on any atom is 0.472 e. The molecule has 0 rings (SSSR count). The average Bonchev–Trinajstić information content (AvgIpc) is 0.913. The highest BCUT2D eigenvalue weighted by Gasteiger charge is 2.30. The van der Waals surface area contributed by atoms with Gasteiger partial charge in [0.25, 0.3) is 0 Å². The van der Waals surface area contributed by atoms with Gasteiger partial charge >= 0.3 is 39.5 Å². The Morgan fingerprint density at radius 1 is 0.284 bits per heavy atom. The summed E-state index contributed by atoms with van der Waals surface area (Å²) >= 11 is 0. The molecule has 3 unspecified atom stereocenters. The number of hydrogen-bond donors (Lipinski definition) is 3. The minimum absolute atomic E-state index is 0.106. The maximum absolute atomic E-state index is 13.1. The predicted molar refractivity (Wildman–Crippen MR) is 418 cm³/mol. The Morgan fingerprint density at radius 2 is 0.500 bits per heavy atom. The smallest absolute Gasteiger partial charge is 0.462 e. The van der Waals surface area contributed by atoms with Crippen LogP contribution in [0.25, 0.3) is 0 Å². The molecule has 606 valence electrons. The Kier molecular flexibility index (Phi) is 73.1. The molecule has 0 aromatic carbocycles. The van der Waals surface area contributed by atoms with Gasteiger partial charge in [-0.05, 0) is 37.5 Å². The second-order valence-corrected chi connectivity index (χ2v) is 33.5. The molecule has 3 N–H and O–H groups in total. The summed E-state index contributed by atoms with van der Waals surface area (Å²) in [6.07, 6.45) is 65.3. The molecular weight excluding hydrogens is 1330 g/mol. The molecule has 0 fully saturated rings. The number of ether oxygens (including phenoxy) is 4. The second kappa shape index (κ2) is 74.5. The number of phosphoric acid groups is 2. The number of hydrogen-bond acceptors (Lipinski definition) is 15. The van der Waals surface area contributed by atoms with Gasteiger partial charge < -0.3 is 33.8 Å². The zero-order valence-corrected chi connectivity index (χ0v) is 68.7. The highest BCUT2D eigenvalue weighted by Crippen LogP contribution is 2.45. The van der Waals surface area contributed by atoms with E-state index in [1.807, 2.05) is 0 Å². The fourth-order valence-electron chi connectivity index (χ4n) is 12.9. The van der Waals surface area contributed by atoms with Gasteiger partial charge in [0.15, 0.2) is 12.2 Å². The molecule has 0 aliphatic carbocycles. The molecular formula is C83H162O17P2. The lowest BCUT2D eigenvalue weighted by Gasteiger charge is -2.21. The van der Waals surface area contributed by atoms with Crippen molar-refractivity contribution < 1.29 is 80.2 Å². The molecule has 102 heavy (non-hydrogen) atoms. The van der Waals surface area contributed by atoms with Crippen LogP contribution in [-0.2, 0) is 65.4 Å². The number of carbonyl (C=O) groups is 4. The Hall–Kier alpha value is -1.94. The standard InChI is InChI=1S/C83H162O17P2/c1-7-10-12-14-16-18-20-21-22-23-27-30-33-36-42-48-54-60-66-81(86)94-72-78(99-82(87)67-61-55-49-43-37-34-31-28-25-24-26-29-32-35-40-46-52-58-64-76(6)9-3)73-97-101(89,90)95-69-77(84)70-96-102(91,92)98-74-79(71-93-80(85)65-59-53-47-41-19-17-15-13-11-8-2)100-83(88)68-62-56-50-44-38-39-45-51-57-63-75(4)5/h75-79,84H,7-74H2,1-6H3,(H,89,90)(H,91,92)/t76?,77-,78-,79-/m1/s1. The summed E-state index contributed by atoms with van der Waals surface area (Å²) in [5.41, 5.74) is 0. The number of unbranched alkanes of at least 4 members (excludes halogenated alkanes) is 51. The SMILES string of the molecule is CCCCCCCCCCCCCCCCCCCCC(=O)OC[C@H](COP(=O)(O)OC[C@@H](O)COP(=O)(O)OC[C@@H](COC(=O)CCCCCCCCCCCC)OC(=O)CCCCCCCCCCCC(C)C)OC(=O)CCCCCCCCCCCCCCCCCCCCC(C)CC. The molecule has 17 nitrogen and oxygen atoms in total. The molecule has 0 saturated carbocycles. The van der Waals surface area contributed by atoms with E-state index < -0.39 is 97.5 Å². The van der Waals surface area contributed by atoms with Crippen LogP contribution in [0.15, 0.2) is 0 Å². The summed E-state index contributed by atoms with van der Waals surface area (Å²) in [5.74, 6) is -0.500. The number of esters is 4. The van der Waals surface area contributed by atoms with Gasteiger partial charge in [-0.2, -0.15) is 0 Å². The highest BCUT2D eigenvalue weighted by atomic mass is 31.2. The van der Waals surface area contributed by atoms with Crippen molar-refractivity contribution in [2.75, 3.05) is 39.6 Å². The third-order valence-corrected chi connectivity index (χ3v) is 21.7. The van der Waals surface area contributed by atoms with Crippen LogP contribution in [0.5, 0.6) is 0 Å². The topological polar surface area (TPSA) is 237 Å². The summed E-state index contributed by atoms with van der Waals surface area (Å²) in [6, 6.07) is 0. The van der Waals surface area contributed by atoms with Crippen LogP contribution in [0.3, 0.4) is 0 Å². The first-order chi connectivity index (χ1) is 49.4. The Morgan fingerprint density at radius 3 is 0.745 bits per heavy atom. The van der Waals surface area contributed by atoms with Gasteiger partial charge in [-0.1, -0.05) is 388 Å². The average molecular weight is 1490 g/mol. The van der Waals surface area contributed by atoms with E-state index in [4.69, 9.17) is 37.0 Å². The summed E-state index contributed by atoms with van der Waals surface area (Å²) < 4.78 is 68.7. The third kappa shape index (κ3) is 74.9. The second-order valence-electron chi connectivity index (χ2n) is 30.6. The van der Waals surface area contributed by atoms with E-state index in [9.17, 15) is 43.2 Å². The minimum atomic E-state index is -4.96. The Balaban J connectivity index is 5.20. The van der Waals surface area contributed by atoms with Crippen LogP contribution in [0.4, 0.5) is 0 Å². The molecule has 0 saturated heterocycles. The zero-order valence-electron chi connectivity index (χ0n) is 66.9. The van der Waals surface area contributed by atoms with Crippen molar-refractivity contribution in [2.45, 2.75) is 458 Å². The molecule has 0 heterocycles. The van der Waals surface area contributed by atoms with Crippen molar-refractivity contribution in [2.24, 2.45) is 11.8 Å². The van der Waals surface area contributed by atoms with Gasteiger partial charge in [-0.3, -0.25) is 37.3 Å². The molecule has 0 aromatic rings. The lowest BCUT2D eigenvalue weighted by atomic mass is 9.99. The molecule has 0 aromatic heterocycles. The van der Waals surface area contributed by atoms with Crippen molar-refractivity contribution in [1.29, 1.82) is 0 Å². The fraction of sp³-hybridized carbons (Fsp3) is 0.952. The number of aliphatic hydroxyl groups is 1. The zero-order chi connectivity index (χ0) is 74.9. The minimum Gasteiger partial charge on any atom is -0.462 e. The fourth-order valence-corrected chi connectivity index (χ4v) is 14.4. The first kappa shape index (κ1) is 100. The van der Waals surface area contributed by atoms with Crippen molar-refractivity contribution in [3.8, 4) is 0 Å². The van der Waals surface area contributed by atoms with Crippen LogP contribution in [0.1, 0.15) is 440 Å². The van der Waals surface area contributed by atoms with E-state index in [0.717, 1.165) is 102 Å². The van der Waals surface area contributed by atoms with Gasteiger partial charge in [-0.25, -0.2) is 9.13 Å². The van der Waals surface area contributed by atoms with Crippen LogP contribution in [0.2, 0.25) is 0 Å². The summed E-state index contributed by atoms with van der Waals surface area (Å²) in [4.78, 5) is 73.0. The number of rotatable bonds is 82. The van der Waals surface area contributed by atoms with E-state index in [1.54, 1.807) is 0 Å². The molecule has 0 amide bonds. The lowest BCUT2D eigenvalue weighted by molar-refractivity contribution is -0.161. The first-order valence-corrected chi connectivity index (χ1v) is 46.0. The molecule has 19 heteroatoms. The summed E-state index contributed by atoms with van der Waals surface area (Å²) in [5, 5.41) is 10.6. The van der Waals surface area contributed by atoms with Crippen LogP contribution < -0.4 is 0 Å². The Labute approximate surface area is 626 Å². The maximum atomic E-state index is 13.1. The van der Waals surface area contributed by atoms with E-state index in [0.29, 0.717) is 25.7 Å². The van der Waals surface area contributed by atoms with Crippen molar-refractivity contribution in [1.82, 2.24) is 0 Å². The van der Waals surface area contributed by atoms with Gasteiger partial charge in [0.2, 0.25) is 0 Å². The van der Waals surface area contributed by atoms with Gasteiger partial charge in [0.1, 0.15) is 19.3 Å².